The van der Waals surface area contributed by atoms with Crippen molar-refractivity contribution in [2.75, 3.05) is 44.2 Å². The summed E-state index contributed by atoms with van der Waals surface area (Å²) in [7, 11) is 2.97. The molecule has 10 heteroatoms. The van der Waals surface area contributed by atoms with Gasteiger partial charge < -0.3 is 29.2 Å². The van der Waals surface area contributed by atoms with Crippen LogP contribution in [0, 0.1) is 5.92 Å². The number of benzene rings is 2. The quantitative estimate of drug-likeness (QED) is 0.555. The molecule has 1 aliphatic heterocycles. The molecule has 0 spiro atoms. The molecule has 0 aromatic heterocycles. The van der Waals surface area contributed by atoms with Crippen LogP contribution in [-0.4, -0.2) is 57.7 Å². The van der Waals surface area contributed by atoms with E-state index in [0.29, 0.717) is 28.4 Å². The first-order valence-corrected chi connectivity index (χ1v) is 10.6. The maximum atomic E-state index is 12.5. The summed E-state index contributed by atoms with van der Waals surface area (Å²) in [6, 6.07) is 11.2. The van der Waals surface area contributed by atoms with Gasteiger partial charge in [0, 0.05) is 24.7 Å². The van der Waals surface area contributed by atoms with Gasteiger partial charge in [-0.25, -0.2) is 4.79 Å². The SMILES string of the molecule is CCOC(=O)c1ccc(N2C[C@@H](C(=O)OCC(=O)Nc3ccc(OC)cc3OC)CC2=O)cc1. The summed E-state index contributed by atoms with van der Waals surface area (Å²) in [5, 5.41) is 2.61. The van der Waals surface area contributed by atoms with Gasteiger partial charge in [-0.15, -0.1) is 0 Å². The molecule has 2 amide bonds. The zero-order chi connectivity index (χ0) is 24.7. The number of hydrogen-bond donors (Lipinski definition) is 1. The molecule has 1 fully saturated rings. The van der Waals surface area contributed by atoms with Crippen molar-refractivity contribution in [2.24, 2.45) is 5.92 Å². The maximum Gasteiger partial charge on any atom is 0.338 e. The molecule has 0 bridgehead atoms. The second-order valence-electron chi connectivity index (χ2n) is 7.39. The first-order valence-electron chi connectivity index (χ1n) is 10.6. The van der Waals surface area contributed by atoms with Crippen molar-refractivity contribution in [2.45, 2.75) is 13.3 Å². The van der Waals surface area contributed by atoms with E-state index < -0.39 is 30.4 Å². The zero-order valence-electron chi connectivity index (χ0n) is 19.2. The van der Waals surface area contributed by atoms with Gasteiger partial charge in [-0.2, -0.15) is 0 Å². The molecule has 3 rings (SSSR count). The van der Waals surface area contributed by atoms with Gasteiger partial charge in [0.15, 0.2) is 6.61 Å². The predicted octanol–water partition coefficient (Wildman–Crippen LogP) is 2.42. The van der Waals surface area contributed by atoms with Crippen molar-refractivity contribution in [3.05, 3.63) is 48.0 Å². The van der Waals surface area contributed by atoms with Crippen molar-refractivity contribution < 1.29 is 38.1 Å². The fraction of sp³-hybridized carbons (Fsp3) is 0.333. The summed E-state index contributed by atoms with van der Waals surface area (Å²) in [5.74, 6) is -1.65. The Kier molecular flexibility index (Phi) is 8.07. The molecular formula is C24H26N2O8. The molecule has 2 aromatic carbocycles. The van der Waals surface area contributed by atoms with Gasteiger partial charge in [0.1, 0.15) is 11.5 Å². The zero-order valence-corrected chi connectivity index (χ0v) is 19.2. The minimum absolute atomic E-state index is 0.0353. The number of carbonyl (C=O) groups excluding carboxylic acids is 4. The third kappa shape index (κ3) is 5.83. The fourth-order valence-corrected chi connectivity index (χ4v) is 3.45. The molecular weight excluding hydrogens is 444 g/mol. The Morgan fingerprint density at radius 1 is 1.03 bits per heavy atom. The minimum atomic E-state index is -0.708. The highest BCUT2D eigenvalue weighted by Crippen LogP contribution is 2.29. The van der Waals surface area contributed by atoms with E-state index in [-0.39, 0.29) is 25.5 Å². The summed E-state index contributed by atoms with van der Waals surface area (Å²) < 4.78 is 20.4. The predicted molar refractivity (Wildman–Crippen MR) is 122 cm³/mol. The van der Waals surface area contributed by atoms with E-state index >= 15 is 0 Å². The molecule has 1 N–H and O–H groups in total. The number of esters is 2. The standard InChI is InChI=1S/C24H26N2O8/c1-4-33-23(29)15-5-7-17(8-6-15)26-13-16(11-22(26)28)24(30)34-14-21(27)25-19-10-9-18(31-2)12-20(19)32-3/h5-10,12,16H,4,11,13-14H2,1-3H3,(H,25,27)/t16-/m0/s1. The second-order valence-corrected chi connectivity index (χ2v) is 7.39. The number of nitrogens with one attached hydrogen (secondary N) is 1. The Morgan fingerprint density at radius 3 is 2.41 bits per heavy atom. The summed E-state index contributed by atoms with van der Waals surface area (Å²) in [6.45, 7) is 1.59. The van der Waals surface area contributed by atoms with Crippen molar-refractivity contribution >= 4 is 35.1 Å². The van der Waals surface area contributed by atoms with Crippen LogP contribution in [0.25, 0.3) is 0 Å². The molecule has 180 valence electrons. The number of hydrogen-bond acceptors (Lipinski definition) is 8. The molecule has 34 heavy (non-hydrogen) atoms. The number of methoxy groups -OCH3 is 2. The number of ether oxygens (including phenoxy) is 4. The lowest BCUT2D eigenvalue weighted by Gasteiger charge is -2.17. The van der Waals surface area contributed by atoms with Crippen LogP contribution in [0.15, 0.2) is 42.5 Å². The molecule has 2 aromatic rings. The number of carbonyl (C=O) groups is 4. The normalized spacial score (nSPS) is 15.0. The molecule has 1 saturated heterocycles. The Morgan fingerprint density at radius 2 is 1.76 bits per heavy atom. The monoisotopic (exact) mass is 470 g/mol. The van der Waals surface area contributed by atoms with E-state index in [1.807, 2.05) is 0 Å². The van der Waals surface area contributed by atoms with E-state index in [2.05, 4.69) is 5.32 Å². The molecule has 0 aliphatic carbocycles. The van der Waals surface area contributed by atoms with E-state index in [1.165, 1.54) is 19.1 Å². The van der Waals surface area contributed by atoms with Crippen LogP contribution < -0.4 is 19.7 Å². The lowest BCUT2D eigenvalue weighted by Crippen LogP contribution is -2.28. The van der Waals surface area contributed by atoms with Gasteiger partial charge in [-0.1, -0.05) is 0 Å². The van der Waals surface area contributed by atoms with Gasteiger partial charge in [-0.3, -0.25) is 14.4 Å². The van der Waals surface area contributed by atoms with Gasteiger partial charge >= 0.3 is 11.9 Å². The van der Waals surface area contributed by atoms with Crippen molar-refractivity contribution in [1.29, 1.82) is 0 Å². The Balaban J connectivity index is 1.54. The lowest BCUT2D eigenvalue weighted by molar-refractivity contribution is -0.151. The van der Waals surface area contributed by atoms with Crippen LogP contribution in [0.1, 0.15) is 23.7 Å². The van der Waals surface area contributed by atoms with Crippen LogP contribution in [0.4, 0.5) is 11.4 Å². The lowest BCUT2D eigenvalue weighted by atomic mass is 10.1. The van der Waals surface area contributed by atoms with Crippen molar-refractivity contribution in [1.82, 2.24) is 0 Å². The van der Waals surface area contributed by atoms with Crippen molar-refractivity contribution in [3.63, 3.8) is 0 Å². The average Bonchev–Trinajstić information content (AvgIpc) is 3.24. The highest BCUT2D eigenvalue weighted by molar-refractivity contribution is 6.00. The molecule has 10 nitrogen and oxygen atoms in total. The fourth-order valence-electron chi connectivity index (χ4n) is 3.45. The molecule has 0 saturated carbocycles. The summed E-state index contributed by atoms with van der Waals surface area (Å²) in [6.07, 6.45) is -0.0353. The highest BCUT2D eigenvalue weighted by Gasteiger charge is 2.36. The van der Waals surface area contributed by atoms with Gasteiger partial charge in [0.2, 0.25) is 5.91 Å². The van der Waals surface area contributed by atoms with Crippen LogP contribution in [0.5, 0.6) is 11.5 Å². The van der Waals surface area contributed by atoms with Crippen LogP contribution >= 0.6 is 0 Å². The third-order valence-corrected chi connectivity index (χ3v) is 5.18. The minimum Gasteiger partial charge on any atom is -0.497 e. The van der Waals surface area contributed by atoms with Gasteiger partial charge in [0.05, 0.1) is 38.0 Å². The first-order chi connectivity index (χ1) is 16.4. The Bertz CT molecular complexity index is 1070. The van der Waals surface area contributed by atoms with E-state index in [1.54, 1.807) is 49.4 Å². The van der Waals surface area contributed by atoms with Crippen LogP contribution in [0.2, 0.25) is 0 Å². The maximum absolute atomic E-state index is 12.5. The van der Waals surface area contributed by atoms with E-state index in [9.17, 15) is 19.2 Å². The van der Waals surface area contributed by atoms with Crippen LogP contribution in [0.3, 0.4) is 0 Å². The molecule has 1 aliphatic rings. The molecule has 1 atom stereocenters. The van der Waals surface area contributed by atoms with E-state index in [0.717, 1.165) is 0 Å². The van der Waals surface area contributed by atoms with Crippen LogP contribution in [-0.2, 0) is 23.9 Å². The van der Waals surface area contributed by atoms with Gasteiger partial charge in [0.25, 0.3) is 5.91 Å². The molecule has 0 radical (unpaired) electrons. The number of rotatable bonds is 9. The second kappa shape index (κ2) is 11.2. The average molecular weight is 470 g/mol. The number of amides is 2. The summed E-state index contributed by atoms with van der Waals surface area (Å²) in [5.41, 5.74) is 1.32. The smallest absolute Gasteiger partial charge is 0.338 e. The van der Waals surface area contributed by atoms with E-state index in [4.69, 9.17) is 18.9 Å². The number of anilines is 2. The third-order valence-electron chi connectivity index (χ3n) is 5.18. The van der Waals surface area contributed by atoms with Gasteiger partial charge in [-0.05, 0) is 43.3 Å². The first kappa shape index (κ1) is 24.6. The largest absolute Gasteiger partial charge is 0.497 e. The summed E-state index contributed by atoms with van der Waals surface area (Å²) in [4.78, 5) is 50.4. The Labute approximate surface area is 196 Å². The highest BCUT2D eigenvalue weighted by atomic mass is 16.5. The molecule has 1 heterocycles. The topological polar surface area (TPSA) is 120 Å². The van der Waals surface area contributed by atoms with Crippen molar-refractivity contribution in [3.8, 4) is 11.5 Å². The molecule has 0 unspecified atom stereocenters. The number of nitrogens with zero attached hydrogens (tertiary/aromatic N) is 1. The summed E-state index contributed by atoms with van der Waals surface area (Å²) >= 11 is 0. The Hall–Kier alpha value is -4.08.